The van der Waals surface area contributed by atoms with E-state index in [0.29, 0.717) is 10.8 Å². The normalized spacial score (nSPS) is 33.5. The number of hydrogen-bond acceptors (Lipinski definition) is 1. The van der Waals surface area contributed by atoms with Gasteiger partial charge in [0.05, 0.1) is 5.60 Å². The van der Waals surface area contributed by atoms with Crippen LogP contribution >= 0.6 is 0 Å². The van der Waals surface area contributed by atoms with Gasteiger partial charge >= 0.3 is 0 Å². The number of hydrogen-bond donors (Lipinski definition) is 0. The third-order valence-electron chi connectivity index (χ3n) is 4.00. The summed E-state index contributed by atoms with van der Waals surface area (Å²) in [7, 11) is 0. The van der Waals surface area contributed by atoms with Gasteiger partial charge in [0.15, 0.2) is 0 Å². The maximum atomic E-state index is 5.79. The molecule has 1 rings (SSSR count). The van der Waals surface area contributed by atoms with Crippen molar-refractivity contribution in [2.75, 3.05) is 6.61 Å². The molecule has 0 spiro atoms. The Bertz CT molecular complexity index is 181. The molecule has 0 radical (unpaired) electrons. The van der Waals surface area contributed by atoms with Crippen LogP contribution in [0.3, 0.4) is 0 Å². The van der Waals surface area contributed by atoms with E-state index in [1.165, 1.54) is 6.42 Å². The molecule has 1 heteroatoms. The maximum absolute atomic E-state index is 5.79. The van der Waals surface area contributed by atoms with Crippen LogP contribution in [0, 0.1) is 10.8 Å². The molecule has 0 aromatic carbocycles. The quantitative estimate of drug-likeness (QED) is 0.632. The summed E-state index contributed by atoms with van der Waals surface area (Å²) < 4.78 is 5.79. The average molecular weight is 170 g/mol. The Hall–Kier alpha value is -0.0400. The van der Waals surface area contributed by atoms with E-state index in [9.17, 15) is 0 Å². The second-order valence-electron chi connectivity index (χ2n) is 5.34. The molecule has 1 nitrogen and oxygen atoms in total. The summed E-state index contributed by atoms with van der Waals surface area (Å²) in [5.74, 6) is 0. The van der Waals surface area contributed by atoms with Gasteiger partial charge in [-0.3, -0.25) is 0 Å². The summed E-state index contributed by atoms with van der Waals surface area (Å²) >= 11 is 0. The second-order valence-corrected chi connectivity index (χ2v) is 5.34. The van der Waals surface area contributed by atoms with Gasteiger partial charge in [0.25, 0.3) is 0 Å². The van der Waals surface area contributed by atoms with Crippen molar-refractivity contribution in [3.05, 3.63) is 0 Å². The standard InChI is InChI=1S/C11H22O/c1-7-12-10(4,5)11(6)8-9(11,2)3/h7-8H2,1-6H3. The van der Waals surface area contributed by atoms with Crippen molar-refractivity contribution in [3.63, 3.8) is 0 Å². The van der Waals surface area contributed by atoms with Crippen molar-refractivity contribution in [2.24, 2.45) is 10.8 Å². The van der Waals surface area contributed by atoms with Crippen molar-refractivity contribution < 1.29 is 4.74 Å². The molecular weight excluding hydrogens is 148 g/mol. The first-order chi connectivity index (χ1) is 5.27. The summed E-state index contributed by atoms with van der Waals surface area (Å²) in [6.45, 7) is 14.3. The lowest BCUT2D eigenvalue weighted by molar-refractivity contribution is -0.0715. The fraction of sp³-hybridized carbons (Fsp3) is 1.00. The van der Waals surface area contributed by atoms with Crippen LogP contribution in [0.5, 0.6) is 0 Å². The zero-order chi connectivity index (χ0) is 9.62. The van der Waals surface area contributed by atoms with Crippen LogP contribution in [0.1, 0.15) is 48.0 Å². The van der Waals surface area contributed by atoms with Gasteiger partial charge in [0.1, 0.15) is 0 Å². The lowest BCUT2D eigenvalue weighted by Gasteiger charge is -2.34. The van der Waals surface area contributed by atoms with Crippen LogP contribution in [-0.2, 0) is 4.74 Å². The highest BCUT2D eigenvalue weighted by Crippen LogP contribution is 2.69. The van der Waals surface area contributed by atoms with E-state index < -0.39 is 0 Å². The van der Waals surface area contributed by atoms with Crippen molar-refractivity contribution in [3.8, 4) is 0 Å². The van der Waals surface area contributed by atoms with E-state index in [1.807, 2.05) is 0 Å². The molecule has 12 heavy (non-hydrogen) atoms. The maximum Gasteiger partial charge on any atom is 0.0684 e. The van der Waals surface area contributed by atoms with Crippen LogP contribution in [0.4, 0.5) is 0 Å². The van der Waals surface area contributed by atoms with E-state index in [0.717, 1.165) is 6.61 Å². The molecule has 0 N–H and O–H groups in total. The Balaban J connectivity index is 2.71. The average Bonchev–Trinajstić information content (AvgIpc) is 2.34. The minimum absolute atomic E-state index is 0.0330. The van der Waals surface area contributed by atoms with Crippen LogP contribution in [0.2, 0.25) is 0 Å². The zero-order valence-electron chi connectivity index (χ0n) is 9.32. The summed E-state index contributed by atoms with van der Waals surface area (Å²) in [5.41, 5.74) is 0.868. The number of ether oxygens (including phenoxy) is 1. The molecule has 0 bridgehead atoms. The molecule has 0 aromatic heterocycles. The Morgan fingerprint density at radius 2 is 1.67 bits per heavy atom. The van der Waals surface area contributed by atoms with Gasteiger partial charge in [0, 0.05) is 12.0 Å². The lowest BCUT2D eigenvalue weighted by atomic mass is 9.82. The molecule has 1 aliphatic rings. The van der Waals surface area contributed by atoms with E-state index in [1.54, 1.807) is 0 Å². The highest BCUT2D eigenvalue weighted by molar-refractivity contribution is 5.14. The lowest BCUT2D eigenvalue weighted by Crippen LogP contribution is -2.37. The molecule has 0 aromatic rings. The van der Waals surface area contributed by atoms with Crippen molar-refractivity contribution in [1.82, 2.24) is 0 Å². The minimum Gasteiger partial charge on any atom is -0.375 e. The third kappa shape index (κ3) is 1.19. The summed E-state index contributed by atoms with van der Waals surface area (Å²) in [6.07, 6.45) is 1.28. The third-order valence-corrected chi connectivity index (χ3v) is 4.00. The monoisotopic (exact) mass is 170 g/mol. The molecular formula is C11H22O. The Labute approximate surface area is 76.5 Å². The predicted molar refractivity (Wildman–Crippen MR) is 52.2 cm³/mol. The molecule has 0 heterocycles. The van der Waals surface area contributed by atoms with Gasteiger partial charge in [-0.25, -0.2) is 0 Å². The van der Waals surface area contributed by atoms with Crippen LogP contribution in [-0.4, -0.2) is 12.2 Å². The van der Waals surface area contributed by atoms with Crippen molar-refractivity contribution >= 4 is 0 Å². The molecule has 0 aliphatic heterocycles. The van der Waals surface area contributed by atoms with E-state index in [2.05, 4.69) is 41.5 Å². The van der Waals surface area contributed by atoms with Crippen molar-refractivity contribution in [1.29, 1.82) is 0 Å². The van der Waals surface area contributed by atoms with Gasteiger partial charge in [0.2, 0.25) is 0 Å². The Morgan fingerprint density at radius 1 is 1.25 bits per heavy atom. The SMILES string of the molecule is CCOC(C)(C)C1(C)CC1(C)C. The number of rotatable bonds is 3. The smallest absolute Gasteiger partial charge is 0.0684 e. The van der Waals surface area contributed by atoms with E-state index in [-0.39, 0.29) is 5.60 Å². The molecule has 72 valence electrons. The molecule has 1 aliphatic carbocycles. The molecule has 0 saturated heterocycles. The van der Waals surface area contributed by atoms with Crippen molar-refractivity contribution in [2.45, 2.75) is 53.6 Å². The topological polar surface area (TPSA) is 9.23 Å². The van der Waals surface area contributed by atoms with Crippen LogP contribution in [0.25, 0.3) is 0 Å². The van der Waals surface area contributed by atoms with E-state index in [4.69, 9.17) is 4.74 Å². The minimum atomic E-state index is 0.0330. The Morgan fingerprint density at radius 3 is 1.92 bits per heavy atom. The fourth-order valence-electron chi connectivity index (χ4n) is 2.39. The first kappa shape index (κ1) is 10.0. The van der Waals surface area contributed by atoms with Gasteiger partial charge in [-0.05, 0) is 32.6 Å². The first-order valence-electron chi connectivity index (χ1n) is 4.91. The van der Waals surface area contributed by atoms with Gasteiger partial charge in [-0.2, -0.15) is 0 Å². The fourth-order valence-corrected chi connectivity index (χ4v) is 2.39. The van der Waals surface area contributed by atoms with Gasteiger partial charge in [-0.1, -0.05) is 20.8 Å². The highest BCUT2D eigenvalue weighted by Gasteiger charge is 2.65. The molecule has 0 amide bonds. The summed E-state index contributed by atoms with van der Waals surface area (Å²) in [4.78, 5) is 0. The summed E-state index contributed by atoms with van der Waals surface area (Å²) in [5, 5.41) is 0. The van der Waals surface area contributed by atoms with Gasteiger partial charge in [-0.15, -0.1) is 0 Å². The van der Waals surface area contributed by atoms with Gasteiger partial charge < -0.3 is 4.74 Å². The predicted octanol–water partition coefficient (Wildman–Crippen LogP) is 3.24. The largest absolute Gasteiger partial charge is 0.375 e. The zero-order valence-corrected chi connectivity index (χ0v) is 9.32. The van der Waals surface area contributed by atoms with E-state index >= 15 is 0 Å². The summed E-state index contributed by atoms with van der Waals surface area (Å²) in [6, 6.07) is 0. The van der Waals surface area contributed by atoms with Crippen LogP contribution < -0.4 is 0 Å². The first-order valence-corrected chi connectivity index (χ1v) is 4.91. The van der Waals surface area contributed by atoms with Crippen LogP contribution in [0.15, 0.2) is 0 Å². The Kier molecular flexibility index (Phi) is 2.07. The second kappa shape index (κ2) is 2.47. The molecule has 1 saturated carbocycles. The molecule has 1 unspecified atom stereocenters. The molecule has 1 fully saturated rings. The highest BCUT2D eigenvalue weighted by atomic mass is 16.5. The molecule has 1 atom stereocenters.